The van der Waals surface area contributed by atoms with Crippen LogP contribution < -0.4 is 10.1 Å². The molecule has 0 saturated carbocycles. The minimum atomic E-state index is -3.41. The molecular formula is C21H27N3O4S. The molecule has 1 N–H and O–H groups in total. The van der Waals surface area contributed by atoms with E-state index in [1.807, 2.05) is 18.2 Å². The molecule has 7 nitrogen and oxygen atoms in total. The van der Waals surface area contributed by atoms with Crippen LogP contribution in [0.25, 0.3) is 0 Å². The van der Waals surface area contributed by atoms with Crippen molar-refractivity contribution < 1.29 is 17.9 Å². The number of methoxy groups -OCH3 is 1. The molecule has 0 aliphatic carbocycles. The maximum atomic E-state index is 12.6. The number of nitrogens with zero attached hydrogens (tertiary/aromatic N) is 2. The van der Waals surface area contributed by atoms with Crippen LogP contribution in [0.2, 0.25) is 0 Å². The standard InChI is InChI=1S/C21H27N3O4S/c1-28-20-10-6-5-9-19(20)21(25)22-11-16-29(26,27)24-14-12-23(13-15-24)17-18-7-3-2-4-8-18/h2-10H,11-17H2,1H3,(H,22,25). The van der Waals surface area contributed by atoms with Crippen molar-refractivity contribution in [2.75, 3.05) is 45.6 Å². The van der Waals surface area contributed by atoms with Gasteiger partial charge >= 0.3 is 0 Å². The van der Waals surface area contributed by atoms with E-state index in [2.05, 4.69) is 22.3 Å². The number of benzene rings is 2. The van der Waals surface area contributed by atoms with Gasteiger partial charge in [0.15, 0.2) is 0 Å². The first-order valence-electron chi connectivity index (χ1n) is 9.65. The van der Waals surface area contributed by atoms with Crippen molar-refractivity contribution in [1.29, 1.82) is 0 Å². The van der Waals surface area contributed by atoms with Crippen LogP contribution in [-0.2, 0) is 16.6 Å². The number of nitrogens with one attached hydrogen (secondary N) is 1. The van der Waals surface area contributed by atoms with E-state index < -0.39 is 10.0 Å². The van der Waals surface area contributed by atoms with Crippen molar-refractivity contribution in [3.05, 3.63) is 65.7 Å². The predicted octanol–water partition coefficient (Wildman–Crippen LogP) is 1.57. The van der Waals surface area contributed by atoms with Crippen LogP contribution in [-0.4, -0.2) is 69.1 Å². The van der Waals surface area contributed by atoms with Gasteiger partial charge in [-0.25, -0.2) is 8.42 Å². The van der Waals surface area contributed by atoms with Gasteiger partial charge in [0.05, 0.1) is 18.4 Å². The van der Waals surface area contributed by atoms with Crippen molar-refractivity contribution in [2.24, 2.45) is 0 Å². The third-order valence-electron chi connectivity index (χ3n) is 4.97. The number of rotatable bonds is 8. The number of hydrogen-bond donors (Lipinski definition) is 1. The lowest BCUT2D eigenvalue weighted by Crippen LogP contribution is -2.49. The highest BCUT2D eigenvalue weighted by Gasteiger charge is 2.26. The first-order chi connectivity index (χ1) is 14.0. The largest absolute Gasteiger partial charge is 0.496 e. The van der Waals surface area contributed by atoms with E-state index in [0.29, 0.717) is 37.5 Å². The summed E-state index contributed by atoms with van der Waals surface area (Å²) in [7, 11) is -1.92. The monoisotopic (exact) mass is 417 g/mol. The van der Waals surface area contributed by atoms with E-state index in [9.17, 15) is 13.2 Å². The molecule has 2 aromatic carbocycles. The van der Waals surface area contributed by atoms with E-state index in [1.165, 1.54) is 17.0 Å². The van der Waals surface area contributed by atoms with E-state index in [0.717, 1.165) is 6.54 Å². The SMILES string of the molecule is COc1ccccc1C(=O)NCCS(=O)(=O)N1CCN(Cc2ccccc2)CC1. The molecule has 1 amide bonds. The number of ether oxygens (including phenoxy) is 1. The van der Waals surface area contributed by atoms with Gasteiger partial charge in [0.2, 0.25) is 10.0 Å². The fourth-order valence-corrected chi connectivity index (χ4v) is 4.70. The van der Waals surface area contributed by atoms with Crippen LogP contribution in [0.15, 0.2) is 54.6 Å². The minimum absolute atomic E-state index is 0.0590. The lowest BCUT2D eigenvalue weighted by atomic mass is 10.2. The van der Waals surface area contributed by atoms with Crippen molar-refractivity contribution >= 4 is 15.9 Å². The van der Waals surface area contributed by atoms with Crippen LogP contribution >= 0.6 is 0 Å². The molecule has 3 rings (SSSR count). The van der Waals surface area contributed by atoms with Crippen LogP contribution in [0.5, 0.6) is 5.75 Å². The summed E-state index contributed by atoms with van der Waals surface area (Å²) in [4.78, 5) is 14.6. The molecule has 1 heterocycles. The molecule has 0 spiro atoms. The van der Waals surface area contributed by atoms with Crippen LogP contribution in [0.4, 0.5) is 0 Å². The molecule has 1 aliphatic rings. The molecule has 156 valence electrons. The quantitative estimate of drug-likeness (QED) is 0.705. The Balaban J connectivity index is 1.46. The van der Waals surface area contributed by atoms with Crippen LogP contribution in [0, 0.1) is 0 Å². The number of piperazine rings is 1. The van der Waals surface area contributed by atoms with Crippen molar-refractivity contribution in [1.82, 2.24) is 14.5 Å². The van der Waals surface area contributed by atoms with Gasteiger partial charge in [0, 0.05) is 39.3 Å². The third-order valence-corrected chi connectivity index (χ3v) is 6.84. The maximum absolute atomic E-state index is 12.6. The summed E-state index contributed by atoms with van der Waals surface area (Å²) >= 11 is 0. The Morgan fingerprint density at radius 2 is 1.66 bits per heavy atom. The highest BCUT2D eigenvalue weighted by Crippen LogP contribution is 2.17. The molecule has 29 heavy (non-hydrogen) atoms. The van der Waals surface area contributed by atoms with E-state index >= 15 is 0 Å². The van der Waals surface area contributed by atoms with Gasteiger partial charge in [-0.15, -0.1) is 0 Å². The molecular weight excluding hydrogens is 390 g/mol. The molecule has 2 aromatic rings. The Kier molecular flexibility index (Phi) is 7.24. The number of para-hydroxylation sites is 1. The van der Waals surface area contributed by atoms with Gasteiger partial charge in [-0.2, -0.15) is 4.31 Å². The number of sulfonamides is 1. The lowest BCUT2D eigenvalue weighted by Gasteiger charge is -2.34. The van der Waals surface area contributed by atoms with Gasteiger partial charge in [0.25, 0.3) is 5.91 Å². The summed E-state index contributed by atoms with van der Waals surface area (Å²) in [5, 5.41) is 2.68. The Bertz CT molecular complexity index is 911. The lowest BCUT2D eigenvalue weighted by molar-refractivity contribution is 0.0953. The predicted molar refractivity (Wildman–Crippen MR) is 112 cm³/mol. The number of amides is 1. The third kappa shape index (κ3) is 5.79. The highest BCUT2D eigenvalue weighted by atomic mass is 32.2. The van der Waals surface area contributed by atoms with E-state index in [4.69, 9.17) is 4.74 Å². The fraction of sp³-hybridized carbons (Fsp3) is 0.381. The molecule has 8 heteroatoms. The Hall–Kier alpha value is -2.42. The first kappa shape index (κ1) is 21.3. The fourth-order valence-electron chi connectivity index (χ4n) is 3.36. The first-order valence-corrected chi connectivity index (χ1v) is 11.3. The average molecular weight is 418 g/mol. The van der Waals surface area contributed by atoms with Crippen molar-refractivity contribution in [3.8, 4) is 5.75 Å². The Labute approximate surface area is 172 Å². The molecule has 1 fully saturated rings. The second kappa shape index (κ2) is 9.87. The Morgan fingerprint density at radius 3 is 2.34 bits per heavy atom. The van der Waals surface area contributed by atoms with Crippen LogP contribution in [0.3, 0.4) is 0 Å². The molecule has 1 aliphatic heterocycles. The van der Waals surface area contributed by atoms with Gasteiger partial charge in [0.1, 0.15) is 5.75 Å². The molecule has 0 bridgehead atoms. The van der Waals surface area contributed by atoms with E-state index in [-0.39, 0.29) is 18.2 Å². The smallest absolute Gasteiger partial charge is 0.255 e. The number of carbonyl (C=O) groups excluding carboxylic acids is 1. The highest BCUT2D eigenvalue weighted by molar-refractivity contribution is 7.89. The summed E-state index contributed by atoms with van der Waals surface area (Å²) in [6.07, 6.45) is 0. The zero-order valence-electron chi connectivity index (χ0n) is 16.6. The van der Waals surface area contributed by atoms with Crippen molar-refractivity contribution in [3.63, 3.8) is 0 Å². The molecule has 0 radical (unpaired) electrons. The van der Waals surface area contributed by atoms with Gasteiger partial charge in [-0.05, 0) is 17.7 Å². The minimum Gasteiger partial charge on any atom is -0.496 e. The zero-order valence-corrected chi connectivity index (χ0v) is 17.4. The second-order valence-corrected chi connectivity index (χ2v) is 9.02. The normalized spacial score (nSPS) is 15.8. The molecule has 0 atom stereocenters. The number of hydrogen-bond acceptors (Lipinski definition) is 5. The van der Waals surface area contributed by atoms with Gasteiger partial charge < -0.3 is 10.1 Å². The molecule has 1 saturated heterocycles. The summed E-state index contributed by atoms with van der Waals surface area (Å²) in [6, 6.07) is 17.0. The maximum Gasteiger partial charge on any atom is 0.255 e. The van der Waals surface area contributed by atoms with Crippen LogP contribution in [0.1, 0.15) is 15.9 Å². The summed E-state index contributed by atoms with van der Waals surface area (Å²) < 4.78 is 31.9. The zero-order chi connectivity index (χ0) is 20.7. The second-order valence-electron chi connectivity index (χ2n) is 6.93. The molecule has 0 aromatic heterocycles. The Morgan fingerprint density at radius 1 is 1.00 bits per heavy atom. The topological polar surface area (TPSA) is 78.9 Å². The summed E-state index contributed by atoms with van der Waals surface area (Å²) in [5.41, 5.74) is 1.62. The summed E-state index contributed by atoms with van der Waals surface area (Å²) in [5.74, 6) is -0.000213. The van der Waals surface area contributed by atoms with E-state index in [1.54, 1.807) is 24.3 Å². The van der Waals surface area contributed by atoms with Gasteiger partial charge in [-0.1, -0.05) is 42.5 Å². The van der Waals surface area contributed by atoms with Gasteiger partial charge in [-0.3, -0.25) is 9.69 Å². The number of carbonyl (C=O) groups is 1. The summed E-state index contributed by atoms with van der Waals surface area (Å²) in [6.45, 7) is 3.21. The van der Waals surface area contributed by atoms with Crippen molar-refractivity contribution in [2.45, 2.75) is 6.54 Å². The molecule has 0 unspecified atom stereocenters. The average Bonchev–Trinajstić information content (AvgIpc) is 2.74.